The van der Waals surface area contributed by atoms with Gasteiger partial charge in [-0.1, -0.05) is 31.2 Å². The van der Waals surface area contributed by atoms with Crippen molar-refractivity contribution in [2.45, 2.75) is 25.8 Å². The molecule has 2 unspecified atom stereocenters. The lowest BCUT2D eigenvalue weighted by Gasteiger charge is -2.23. The normalized spacial score (nSPS) is 24.4. The average Bonchev–Trinajstić information content (AvgIpc) is 2.46. The van der Waals surface area contributed by atoms with Crippen LogP contribution < -0.4 is 5.32 Å². The fraction of sp³-hybridized carbons (Fsp3) is 0.500. The summed E-state index contributed by atoms with van der Waals surface area (Å²) >= 11 is 0. The molecule has 92 valence electrons. The van der Waals surface area contributed by atoms with Crippen LogP contribution in [0.5, 0.6) is 0 Å². The zero-order valence-corrected chi connectivity index (χ0v) is 10.7. The Balaban J connectivity index is 2.49. The third kappa shape index (κ3) is 2.07. The van der Waals surface area contributed by atoms with Gasteiger partial charge in [-0.25, -0.2) is 0 Å². The number of carbonyl (C=O) groups excluding carboxylic acids is 1. The highest BCUT2D eigenvalue weighted by Gasteiger charge is 2.31. The van der Waals surface area contributed by atoms with Gasteiger partial charge in [-0.15, -0.1) is 0 Å². The first-order chi connectivity index (χ1) is 8.19. The maximum Gasteiger partial charge on any atom is 0.244 e. The van der Waals surface area contributed by atoms with E-state index in [1.54, 1.807) is 0 Å². The van der Waals surface area contributed by atoms with Crippen molar-refractivity contribution in [3.63, 3.8) is 0 Å². The summed E-state index contributed by atoms with van der Waals surface area (Å²) in [6, 6.07) is 8.05. The van der Waals surface area contributed by atoms with Crippen LogP contribution in [-0.2, 0) is 4.79 Å². The molecule has 3 nitrogen and oxygen atoms in total. The molecular weight excluding hydrogens is 212 g/mol. The minimum atomic E-state index is -0.198. The topological polar surface area (TPSA) is 32.3 Å². The molecule has 3 heteroatoms. The van der Waals surface area contributed by atoms with Crippen molar-refractivity contribution in [1.29, 1.82) is 0 Å². The molecule has 0 spiro atoms. The van der Waals surface area contributed by atoms with Gasteiger partial charge in [-0.2, -0.15) is 0 Å². The van der Waals surface area contributed by atoms with Crippen LogP contribution in [0.2, 0.25) is 0 Å². The summed E-state index contributed by atoms with van der Waals surface area (Å²) in [7, 11) is 1.85. The van der Waals surface area contributed by atoms with Crippen LogP contribution in [0, 0.1) is 0 Å². The smallest absolute Gasteiger partial charge is 0.244 e. The summed E-state index contributed by atoms with van der Waals surface area (Å²) in [4.78, 5) is 14.3. The lowest BCUT2D eigenvalue weighted by atomic mass is 9.93. The van der Waals surface area contributed by atoms with Crippen molar-refractivity contribution in [3.05, 3.63) is 35.4 Å². The molecule has 0 saturated carbocycles. The Morgan fingerprint density at radius 1 is 1.35 bits per heavy atom. The van der Waals surface area contributed by atoms with Gasteiger partial charge in [-0.3, -0.25) is 4.79 Å². The number of carbonyl (C=O) groups is 1. The Morgan fingerprint density at radius 2 is 2.00 bits per heavy atom. The highest BCUT2D eigenvalue weighted by atomic mass is 16.2. The van der Waals surface area contributed by atoms with Crippen LogP contribution in [-0.4, -0.2) is 30.9 Å². The number of benzene rings is 1. The largest absolute Gasteiger partial charge is 0.341 e. The number of hydrogen-bond acceptors (Lipinski definition) is 2. The van der Waals surface area contributed by atoms with Crippen LogP contribution in [0.1, 0.15) is 36.9 Å². The zero-order valence-electron chi connectivity index (χ0n) is 10.7. The highest BCUT2D eigenvalue weighted by Crippen LogP contribution is 2.30. The molecule has 1 aliphatic rings. The van der Waals surface area contributed by atoms with Gasteiger partial charge in [0.15, 0.2) is 0 Å². The standard InChI is InChI=1S/C14H20N2O/c1-4-16-9-10(2)11-7-5-6-8-12(11)13(15-3)14(16)17/h5-8,10,13,15H,4,9H2,1-3H3. The Labute approximate surface area is 103 Å². The van der Waals surface area contributed by atoms with E-state index in [4.69, 9.17) is 0 Å². The zero-order chi connectivity index (χ0) is 12.4. The molecule has 0 bridgehead atoms. The lowest BCUT2D eigenvalue weighted by Crippen LogP contribution is -2.39. The van der Waals surface area contributed by atoms with Crippen molar-refractivity contribution >= 4 is 5.91 Å². The summed E-state index contributed by atoms with van der Waals surface area (Å²) in [5.74, 6) is 0.584. The van der Waals surface area contributed by atoms with E-state index in [0.29, 0.717) is 5.92 Å². The molecule has 0 fully saturated rings. The first kappa shape index (κ1) is 12.1. The molecule has 2 rings (SSSR count). The minimum Gasteiger partial charge on any atom is -0.341 e. The van der Waals surface area contributed by atoms with Crippen molar-refractivity contribution in [2.75, 3.05) is 20.1 Å². The van der Waals surface area contributed by atoms with E-state index < -0.39 is 0 Å². The molecular formula is C14H20N2O. The Hall–Kier alpha value is -1.35. The third-order valence-electron chi connectivity index (χ3n) is 3.56. The van der Waals surface area contributed by atoms with E-state index in [1.165, 1.54) is 5.56 Å². The molecule has 17 heavy (non-hydrogen) atoms. The lowest BCUT2D eigenvalue weighted by molar-refractivity contribution is -0.133. The average molecular weight is 232 g/mol. The fourth-order valence-corrected chi connectivity index (χ4v) is 2.62. The quantitative estimate of drug-likeness (QED) is 0.845. The Bertz CT molecular complexity index is 416. The third-order valence-corrected chi connectivity index (χ3v) is 3.56. The van der Waals surface area contributed by atoms with Crippen LogP contribution in [0.4, 0.5) is 0 Å². The second kappa shape index (κ2) is 4.88. The number of hydrogen-bond donors (Lipinski definition) is 1. The van der Waals surface area contributed by atoms with Crippen LogP contribution in [0.15, 0.2) is 24.3 Å². The molecule has 2 atom stereocenters. The van der Waals surface area contributed by atoms with Gasteiger partial charge in [0, 0.05) is 13.1 Å². The van der Waals surface area contributed by atoms with Gasteiger partial charge in [-0.05, 0) is 31.0 Å². The second-order valence-electron chi connectivity index (χ2n) is 4.63. The summed E-state index contributed by atoms with van der Waals surface area (Å²) < 4.78 is 0. The number of fused-ring (bicyclic) bond motifs is 1. The van der Waals surface area contributed by atoms with E-state index in [-0.39, 0.29) is 11.9 Å². The van der Waals surface area contributed by atoms with Gasteiger partial charge >= 0.3 is 0 Å². The van der Waals surface area contributed by atoms with Crippen molar-refractivity contribution in [2.24, 2.45) is 0 Å². The molecule has 1 heterocycles. The molecule has 0 aromatic heterocycles. The molecule has 0 radical (unpaired) electrons. The number of rotatable bonds is 2. The van der Waals surface area contributed by atoms with Gasteiger partial charge in [0.2, 0.25) is 5.91 Å². The number of nitrogens with one attached hydrogen (secondary N) is 1. The first-order valence-electron chi connectivity index (χ1n) is 6.23. The number of amides is 1. The van der Waals surface area contributed by atoms with Crippen molar-refractivity contribution < 1.29 is 4.79 Å². The van der Waals surface area contributed by atoms with E-state index in [1.807, 2.05) is 31.0 Å². The van der Waals surface area contributed by atoms with Crippen molar-refractivity contribution in [3.8, 4) is 0 Å². The van der Waals surface area contributed by atoms with Gasteiger partial charge in [0.25, 0.3) is 0 Å². The predicted octanol–water partition coefficient (Wildman–Crippen LogP) is 1.91. The SMILES string of the molecule is CCN1CC(C)c2ccccc2C(NC)C1=O. The van der Waals surface area contributed by atoms with Crippen LogP contribution in [0.25, 0.3) is 0 Å². The summed E-state index contributed by atoms with van der Waals surface area (Å²) in [6.07, 6.45) is 0. The Kier molecular flexibility index (Phi) is 3.48. The first-order valence-corrected chi connectivity index (χ1v) is 6.23. The number of likely N-dealkylation sites (N-methyl/N-ethyl adjacent to an activating group) is 2. The monoisotopic (exact) mass is 232 g/mol. The van der Waals surface area contributed by atoms with Gasteiger partial charge in [0.05, 0.1) is 0 Å². The highest BCUT2D eigenvalue weighted by molar-refractivity contribution is 5.84. The van der Waals surface area contributed by atoms with Crippen LogP contribution in [0.3, 0.4) is 0 Å². The second-order valence-corrected chi connectivity index (χ2v) is 4.63. The fourth-order valence-electron chi connectivity index (χ4n) is 2.62. The van der Waals surface area contributed by atoms with E-state index in [0.717, 1.165) is 18.7 Å². The summed E-state index contributed by atoms with van der Waals surface area (Å²) in [5.41, 5.74) is 2.42. The van der Waals surface area contributed by atoms with Gasteiger partial charge in [0.1, 0.15) is 6.04 Å². The Morgan fingerprint density at radius 3 is 2.59 bits per heavy atom. The maximum absolute atomic E-state index is 12.4. The molecule has 1 aliphatic heterocycles. The molecule has 0 aliphatic carbocycles. The maximum atomic E-state index is 12.4. The molecule has 1 amide bonds. The van der Waals surface area contributed by atoms with E-state index in [2.05, 4.69) is 24.4 Å². The molecule has 1 aromatic carbocycles. The van der Waals surface area contributed by atoms with Crippen molar-refractivity contribution in [1.82, 2.24) is 10.2 Å². The molecule has 1 N–H and O–H groups in total. The van der Waals surface area contributed by atoms with E-state index >= 15 is 0 Å². The number of nitrogens with zero attached hydrogens (tertiary/aromatic N) is 1. The van der Waals surface area contributed by atoms with Gasteiger partial charge < -0.3 is 10.2 Å². The molecule has 0 saturated heterocycles. The van der Waals surface area contributed by atoms with Crippen LogP contribution >= 0.6 is 0 Å². The van der Waals surface area contributed by atoms with E-state index in [9.17, 15) is 4.79 Å². The minimum absolute atomic E-state index is 0.187. The predicted molar refractivity (Wildman–Crippen MR) is 68.9 cm³/mol. The molecule has 1 aromatic rings. The summed E-state index contributed by atoms with van der Waals surface area (Å²) in [5, 5.41) is 3.14. The summed E-state index contributed by atoms with van der Waals surface area (Å²) in [6.45, 7) is 5.81.